The molecule has 2 aromatic carbocycles. The molecule has 106 valence electrons. The van der Waals surface area contributed by atoms with Gasteiger partial charge >= 0.3 is 0 Å². The van der Waals surface area contributed by atoms with Crippen molar-refractivity contribution in [2.75, 3.05) is 4.72 Å². The number of anilines is 1. The van der Waals surface area contributed by atoms with Crippen molar-refractivity contribution < 1.29 is 12.8 Å². The summed E-state index contributed by atoms with van der Waals surface area (Å²) in [5.74, 6) is -0.581. The van der Waals surface area contributed by atoms with Crippen molar-refractivity contribution in [1.82, 2.24) is 0 Å². The third-order valence-electron chi connectivity index (χ3n) is 2.62. The molecular weight excluding hydrogens is 303 g/mol. The van der Waals surface area contributed by atoms with Gasteiger partial charge in [-0.2, -0.15) is 0 Å². The molecule has 0 heterocycles. The molecule has 0 spiro atoms. The van der Waals surface area contributed by atoms with Gasteiger partial charge in [-0.3, -0.25) is 4.72 Å². The fourth-order valence-electron chi connectivity index (χ4n) is 1.62. The van der Waals surface area contributed by atoms with Crippen LogP contribution in [0.4, 0.5) is 10.1 Å². The second-order valence-electron chi connectivity index (χ2n) is 4.08. The highest BCUT2D eigenvalue weighted by Gasteiger charge is 2.16. The predicted octanol–water partition coefficient (Wildman–Crippen LogP) is 2.74. The van der Waals surface area contributed by atoms with E-state index in [-0.39, 0.29) is 22.2 Å². The van der Waals surface area contributed by atoms with Gasteiger partial charge in [0.1, 0.15) is 5.82 Å². The fourth-order valence-corrected chi connectivity index (χ4v) is 2.98. The summed E-state index contributed by atoms with van der Waals surface area (Å²) < 4.78 is 39.8. The molecular formula is C13H12ClFN2O2S. The van der Waals surface area contributed by atoms with Crippen molar-refractivity contribution in [2.45, 2.75) is 11.4 Å². The average molecular weight is 315 g/mol. The van der Waals surface area contributed by atoms with E-state index in [1.54, 1.807) is 12.1 Å². The van der Waals surface area contributed by atoms with Crippen molar-refractivity contribution in [3.63, 3.8) is 0 Å². The first-order chi connectivity index (χ1) is 9.42. The van der Waals surface area contributed by atoms with Crippen molar-refractivity contribution in [3.05, 3.63) is 58.9 Å². The van der Waals surface area contributed by atoms with E-state index in [0.29, 0.717) is 5.56 Å². The van der Waals surface area contributed by atoms with Crippen LogP contribution < -0.4 is 10.5 Å². The minimum Gasteiger partial charge on any atom is -0.326 e. The van der Waals surface area contributed by atoms with E-state index in [9.17, 15) is 12.8 Å². The van der Waals surface area contributed by atoms with Gasteiger partial charge in [-0.05, 0) is 35.9 Å². The van der Waals surface area contributed by atoms with Crippen LogP contribution in [-0.4, -0.2) is 8.42 Å². The Morgan fingerprint density at radius 1 is 1.20 bits per heavy atom. The first-order valence-corrected chi connectivity index (χ1v) is 7.55. The Balaban J connectivity index is 2.38. The summed E-state index contributed by atoms with van der Waals surface area (Å²) in [6.45, 7) is 0.226. The molecule has 0 saturated carbocycles. The summed E-state index contributed by atoms with van der Waals surface area (Å²) in [4.78, 5) is 0.0424. The zero-order valence-corrected chi connectivity index (χ0v) is 11.9. The third kappa shape index (κ3) is 3.27. The maximum atomic E-state index is 13.1. The van der Waals surface area contributed by atoms with E-state index < -0.39 is 15.8 Å². The lowest BCUT2D eigenvalue weighted by Crippen LogP contribution is -2.14. The quantitative estimate of drug-likeness (QED) is 0.911. The fraction of sp³-hybridized carbons (Fsp3) is 0.0769. The van der Waals surface area contributed by atoms with Crippen LogP contribution in [0.15, 0.2) is 47.4 Å². The predicted molar refractivity (Wildman–Crippen MR) is 76.6 cm³/mol. The van der Waals surface area contributed by atoms with Gasteiger partial charge < -0.3 is 5.73 Å². The normalized spacial score (nSPS) is 11.3. The van der Waals surface area contributed by atoms with E-state index in [1.165, 1.54) is 18.2 Å². The molecule has 3 N–H and O–H groups in total. The molecule has 20 heavy (non-hydrogen) atoms. The Morgan fingerprint density at radius 3 is 2.65 bits per heavy atom. The summed E-state index contributed by atoms with van der Waals surface area (Å²) in [6, 6.07) is 9.63. The van der Waals surface area contributed by atoms with Gasteiger partial charge in [-0.1, -0.05) is 23.7 Å². The lowest BCUT2D eigenvalue weighted by molar-refractivity contribution is 0.601. The molecule has 4 nitrogen and oxygen atoms in total. The molecule has 0 saturated heterocycles. The zero-order valence-electron chi connectivity index (χ0n) is 10.3. The zero-order chi connectivity index (χ0) is 14.8. The Labute approximate surface area is 121 Å². The highest BCUT2D eigenvalue weighted by atomic mass is 35.5. The topological polar surface area (TPSA) is 72.2 Å². The van der Waals surface area contributed by atoms with Crippen LogP contribution in [0.1, 0.15) is 5.56 Å². The van der Waals surface area contributed by atoms with Gasteiger partial charge in [-0.25, -0.2) is 12.8 Å². The molecule has 0 radical (unpaired) electrons. The monoisotopic (exact) mass is 314 g/mol. The maximum absolute atomic E-state index is 13.1. The molecule has 0 aromatic heterocycles. The lowest BCUT2D eigenvalue weighted by Gasteiger charge is -2.10. The molecule has 7 heteroatoms. The van der Waals surface area contributed by atoms with Crippen LogP contribution in [0.25, 0.3) is 0 Å². The smallest absolute Gasteiger partial charge is 0.261 e. The number of hydrogen-bond donors (Lipinski definition) is 2. The van der Waals surface area contributed by atoms with Crippen LogP contribution >= 0.6 is 11.6 Å². The van der Waals surface area contributed by atoms with Gasteiger partial charge in [-0.15, -0.1) is 0 Å². The van der Waals surface area contributed by atoms with Crippen LogP contribution in [-0.2, 0) is 16.6 Å². The maximum Gasteiger partial charge on any atom is 0.261 e. The van der Waals surface area contributed by atoms with E-state index in [2.05, 4.69) is 4.72 Å². The Hall–Kier alpha value is -1.63. The van der Waals surface area contributed by atoms with E-state index in [0.717, 1.165) is 12.1 Å². The molecule has 0 aliphatic rings. The molecule has 0 aliphatic heterocycles. The van der Waals surface area contributed by atoms with Crippen molar-refractivity contribution >= 4 is 27.3 Å². The molecule has 0 aliphatic carbocycles. The molecule has 2 aromatic rings. The van der Waals surface area contributed by atoms with Crippen molar-refractivity contribution in [2.24, 2.45) is 5.73 Å². The largest absolute Gasteiger partial charge is 0.326 e. The summed E-state index contributed by atoms with van der Waals surface area (Å²) in [7, 11) is -3.84. The Kier molecular flexibility index (Phi) is 4.27. The number of benzene rings is 2. The van der Waals surface area contributed by atoms with E-state index in [1.807, 2.05) is 0 Å². The Bertz CT molecular complexity index is 735. The molecule has 0 bridgehead atoms. The molecule has 0 unspecified atom stereocenters. The first-order valence-electron chi connectivity index (χ1n) is 5.69. The van der Waals surface area contributed by atoms with Gasteiger partial charge in [0.15, 0.2) is 0 Å². The van der Waals surface area contributed by atoms with Gasteiger partial charge in [0.05, 0.1) is 15.6 Å². The summed E-state index contributed by atoms with van der Waals surface area (Å²) in [6.07, 6.45) is 0. The minimum atomic E-state index is -3.84. The number of nitrogens with one attached hydrogen (secondary N) is 1. The number of hydrogen-bond acceptors (Lipinski definition) is 3. The average Bonchev–Trinajstić information content (AvgIpc) is 2.43. The lowest BCUT2D eigenvalue weighted by atomic mass is 10.2. The summed E-state index contributed by atoms with van der Waals surface area (Å²) in [5, 5.41) is 0.116. The third-order valence-corrected chi connectivity index (χ3v) is 4.31. The minimum absolute atomic E-state index is 0.00943. The van der Waals surface area contributed by atoms with Gasteiger partial charge in [0.25, 0.3) is 10.0 Å². The highest BCUT2D eigenvalue weighted by molar-refractivity contribution is 7.92. The molecule has 0 fully saturated rings. The van der Waals surface area contributed by atoms with Gasteiger partial charge in [0, 0.05) is 6.54 Å². The second-order valence-corrected chi connectivity index (χ2v) is 6.17. The number of nitrogens with two attached hydrogens (primary N) is 1. The van der Waals surface area contributed by atoms with E-state index in [4.69, 9.17) is 17.3 Å². The van der Waals surface area contributed by atoms with Crippen LogP contribution in [0.2, 0.25) is 5.02 Å². The SMILES string of the molecule is NCc1cccc(S(=O)(=O)Nc2cc(F)ccc2Cl)c1. The standard InChI is InChI=1S/C13H12ClFN2O2S/c14-12-5-4-10(15)7-13(12)17-20(18,19)11-3-1-2-9(6-11)8-16/h1-7,17H,8,16H2. The number of halogens is 2. The van der Waals surface area contributed by atoms with E-state index >= 15 is 0 Å². The highest BCUT2D eigenvalue weighted by Crippen LogP contribution is 2.25. The summed E-state index contributed by atoms with van der Waals surface area (Å²) in [5.41, 5.74) is 6.14. The Morgan fingerprint density at radius 2 is 1.95 bits per heavy atom. The molecule has 0 amide bonds. The van der Waals surface area contributed by atoms with Crippen LogP contribution in [0.5, 0.6) is 0 Å². The van der Waals surface area contributed by atoms with Crippen LogP contribution in [0.3, 0.4) is 0 Å². The van der Waals surface area contributed by atoms with Crippen LogP contribution in [0, 0.1) is 5.82 Å². The number of sulfonamides is 1. The van der Waals surface area contributed by atoms with Gasteiger partial charge in [0.2, 0.25) is 0 Å². The first kappa shape index (κ1) is 14.8. The van der Waals surface area contributed by atoms with Crippen molar-refractivity contribution in [1.29, 1.82) is 0 Å². The van der Waals surface area contributed by atoms with Crippen molar-refractivity contribution in [3.8, 4) is 0 Å². The molecule has 0 atom stereocenters. The molecule has 2 rings (SSSR count). The number of rotatable bonds is 4. The summed E-state index contributed by atoms with van der Waals surface area (Å²) >= 11 is 5.83. The second kappa shape index (κ2) is 5.78.